The summed E-state index contributed by atoms with van der Waals surface area (Å²) < 4.78 is 0. The van der Waals surface area contributed by atoms with Crippen LogP contribution in [-0.4, -0.2) is 33.9 Å². The van der Waals surface area contributed by atoms with Crippen molar-refractivity contribution in [3.63, 3.8) is 0 Å². The fourth-order valence-corrected chi connectivity index (χ4v) is 4.21. The number of nitrogens with zero attached hydrogens (tertiary/aromatic N) is 2. The number of carbonyl (C=O) groups is 1. The summed E-state index contributed by atoms with van der Waals surface area (Å²) in [7, 11) is 0. The lowest BCUT2D eigenvalue weighted by atomic mass is 10.0. The zero-order valence-electron chi connectivity index (χ0n) is 16.2. The summed E-state index contributed by atoms with van der Waals surface area (Å²) >= 11 is 0. The fourth-order valence-electron chi connectivity index (χ4n) is 4.21. The molecule has 29 heavy (non-hydrogen) atoms. The molecular weight excluding hydrogens is 362 g/mol. The minimum atomic E-state index is -0.523. The Kier molecular flexibility index (Phi) is 4.48. The summed E-state index contributed by atoms with van der Waals surface area (Å²) in [4.78, 5) is 24.8. The Hall–Kier alpha value is -3.25. The molecule has 0 saturated carbocycles. The first-order valence-electron chi connectivity index (χ1n) is 10.1. The number of likely N-dealkylation sites (tertiary alicyclic amines) is 1. The van der Waals surface area contributed by atoms with E-state index in [-0.39, 0.29) is 5.69 Å². The summed E-state index contributed by atoms with van der Waals surface area (Å²) in [6.07, 6.45) is 7.63. The molecule has 0 spiro atoms. The Morgan fingerprint density at radius 2 is 1.86 bits per heavy atom. The van der Waals surface area contributed by atoms with Crippen LogP contribution in [0.15, 0.2) is 48.8 Å². The van der Waals surface area contributed by atoms with Gasteiger partial charge in [0, 0.05) is 17.5 Å². The Labute approximate surface area is 168 Å². The van der Waals surface area contributed by atoms with Crippen LogP contribution in [0.4, 0.5) is 0 Å². The Morgan fingerprint density at radius 1 is 1.07 bits per heavy atom. The molecule has 1 amide bonds. The fraction of sp³-hybridized carbons (Fsp3) is 0.261. The third-order valence-electron chi connectivity index (χ3n) is 5.79. The normalized spacial score (nSPS) is 15.2. The predicted molar refractivity (Wildman–Crippen MR) is 113 cm³/mol. The number of pyridine rings is 2. The van der Waals surface area contributed by atoms with Gasteiger partial charge in [0.1, 0.15) is 5.69 Å². The van der Waals surface area contributed by atoms with Crippen molar-refractivity contribution in [3.8, 4) is 11.1 Å². The number of H-pyrrole nitrogens is 2. The molecule has 4 aromatic rings. The highest BCUT2D eigenvalue weighted by Gasteiger charge is 2.15. The van der Waals surface area contributed by atoms with Crippen LogP contribution in [0.2, 0.25) is 0 Å². The molecular formula is C23H24N5O+. The van der Waals surface area contributed by atoms with E-state index in [9.17, 15) is 4.79 Å². The van der Waals surface area contributed by atoms with Crippen molar-refractivity contribution in [1.29, 1.82) is 0 Å². The molecule has 1 saturated heterocycles. The van der Waals surface area contributed by atoms with Crippen LogP contribution in [0, 0.1) is 0 Å². The van der Waals surface area contributed by atoms with Gasteiger partial charge in [0.25, 0.3) is 11.6 Å². The van der Waals surface area contributed by atoms with Gasteiger partial charge in [-0.15, -0.1) is 0 Å². The monoisotopic (exact) mass is 386 g/mol. The van der Waals surface area contributed by atoms with Crippen molar-refractivity contribution < 1.29 is 9.78 Å². The van der Waals surface area contributed by atoms with E-state index in [1.165, 1.54) is 37.9 Å². The largest absolute Gasteiger partial charge is 0.364 e. The van der Waals surface area contributed by atoms with Crippen LogP contribution in [0.5, 0.6) is 0 Å². The van der Waals surface area contributed by atoms with Gasteiger partial charge in [-0.1, -0.05) is 30.7 Å². The molecule has 1 aliphatic heterocycles. The number of amides is 1. The molecule has 0 atom stereocenters. The second-order valence-corrected chi connectivity index (χ2v) is 7.82. The standard InChI is InChI=1S/C23H23N5O/c24-22(29)20-11-18-19-10-17(12-26-23(19)27-21(18)13-25-20)16-6-4-15(5-7-16)14-28-8-2-1-3-9-28/h4-7,10-13H,1-3,8-9,14H2,(H2,24,29)(H,26,27)/p+1. The molecule has 4 heterocycles. The van der Waals surface area contributed by atoms with Gasteiger partial charge in [0.2, 0.25) is 0 Å². The van der Waals surface area contributed by atoms with Gasteiger partial charge in [-0.3, -0.25) is 9.69 Å². The first-order chi connectivity index (χ1) is 14.2. The van der Waals surface area contributed by atoms with Gasteiger partial charge >= 0.3 is 0 Å². The lowest BCUT2D eigenvalue weighted by molar-refractivity contribution is -0.346. The lowest BCUT2D eigenvalue weighted by Gasteiger charge is -2.26. The molecule has 5 rings (SSSR count). The molecule has 1 aliphatic rings. The van der Waals surface area contributed by atoms with Crippen LogP contribution in [0.1, 0.15) is 35.3 Å². The molecule has 146 valence electrons. The molecule has 6 nitrogen and oxygen atoms in total. The third kappa shape index (κ3) is 3.47. The van der Waals surface area contributed by atoms with Crippen LogP contribution < -0.4 is 10.7 Å². The topological polar surface area (TPSA) is 89.2 Å². The van der Waals surface area contributed by atoms with E-state index in [4.69, 9.17) is 5.73 Å². The number of piperidine rings is 1. The highest BCUT2D eigenvalue weighted by atomic mass is 16.1. The number of carbonyl (C=O) groups excluding carboxylic acids is 1. The minimum absolute atomic E-state index is 0.269. The van der Waals surface area contributed by atoms with Crippen molar-refractivity contribution in [1.82, 2.24) is 14.9 Å². The Morgan fingerprint density at radius 3 is 2.62 bits per heavy atom. The maximum atomic E-state index is 11.5. The van der Waals surface area contributed by atoms with E-state index >= 15 is 0 Å². The van der Waals surface area contributed by atoms with E-state index in [1.807, 2.05) is 6.20 Å². The van der Waals surface area contributed by atoms with Gasteiger partial charge < -0.3 is 5.73 Å². The smallest absolute Gasteiger partial charge is 0.285 e. The summed E-state index contributed by atoms with van der Waals surface area (Å²) in [6.45, 7) is 3.43. The molecule has 0 bridgehead atoms. The number of primary amides is 1. The van der Waals surface area contributed by atoms with E-state index in [0.29, 0.717) is 0 Å². The number of aromatic amines is 2. The third-order valence-corrected chi connectivity index (χ3v) is 5.79. The van der Waals surface area contributed by atoms with E-state index in [2.05, 4.69) is 50.2 Å². The van der Waals surface area contributed by atoms with Crippen LogP contribution >= 0.6 is 0 Å². The number of hydrogen-bond donors (Lipinski definition) is 2. The predicted octanol–water partition coefficient (Wildman–Crippen LogP) is 3.28. The highest BCUT2D eigenvalue weighted by molar-refractivity contribution is 6.07. The molecule has 0 aliphatic carbocycles. The maximum Gasteiger partial charge on any atom is 0.285 e. The number of rotatable bonds is 4. The molecule has 1 fully saturated rings. The van der Waals surface area contributed by atoms with Crippen LogP contribution in [0.25, 0.3) is 33.1 Å². The molecule has 3 aromatic heterocycles. The molecule has 4 N–H and O–H groups in total. The quantitative estimate of drug-likeness (QED) is 0.564. The average molecular weight is 386 g/mol. The summed E-state index contributed by atoms with van der Waals surface area (Å²) in [6, 6.07) is 12.7. The Balaban J connectivity index is 1.47. The SMILES string of the molecule is NC(=O)c1cc2c(cn1)[nH]c1[nH+]cc(-c3ccc(CN4CCCCC4)cc3)cc12. The van der Waals surface area contributed by atoms with Gasteiger partial charge in [0.05, 0.1) is 17.8 Å². The minimum Gasteiger partial charge on any atom is -0.364 e. The number of nitrogens with two attached hydrogens (primary N) is 1. The molecule has 0 radical (unpaired) electrons. The zero-order chi connectivity index (χ0) is 19.8. The average Bonchev–Trinajstić information content (AvgIpc) is 3.12. The first kappa shape index (κ1) is 17.8. The van der Waals surface area contributed by atoms with E-state index < -0.39 is 5.91 Å². The molecule has 0 unspecified atom stereocenters. The lowest BCUT2D eigenvalue weighted by Crippen LogP contribution is -2.28. The van der Waals surface area contributed by atoms with Crippen LogP contribution in [0.3, 0.4) is 0 Å². The molecule has 6 heteroatoms. The number of aromatic nitrogens is 3. The molecule has 1 aromatic carbocycles. The summed E-state index contributed by atoms with van der Waals surface area (Å²) in [5, 5.41) is 1.95. The summed E-state index contributed by atoms with van der Waals surface area (Å²) in [5.74, 6) is -0.523. The number of hydrogen-bond acceptors (Lipinski definition) is 3. The number of fused-ring (bicyclic) bond motifs is 3. The number of nitrogens with one attached hydrogen (secondary N) is 2. The van der Waals surface area contributed by atoms with Gasteiger partial charge in [-0.25, -0.2) is 15.0 Å². The van der Waals surface area contributed by atoms with E-state index in [0.717, 1.165) is 39.6 Å². The van der Waals surface area contributed by atoms with Crippen molar-refractivity contribution in [2.75, 3.05) is 13.1 Å². The van der Waals surface area contributed by atoms with Gasteiger partial charge in [-0.2, -0.15) is 0 Å². The first-order valence-corrected chi connectivity index (χ1v) is 10.1. The second kappa shape index (κ2) is 7.29. The van der Waals surface area contributed by atoms with Crippen LogP contribution in [-0.2, 0) is 6.54 Å². The van der Waals surface area contributed by atoms with E-state index in [1.54, 1.807) is 12.3 Å². The van der Waals surface area contributed by atoms with Gasteiger partial charge in [-0.05, 0) is 49.2 Å². The number of benzene rings is 1. The van der Waals surface area contributed by atoms with Gasteiger partial charge in [0.15, 0.2) is 5.52 Å². The zero-order valence-corrected chi connectivity index (χ0v) is 16.2. The second-order valence-electron chi connectivity index (χ2n) is 7.82. The summed E-state index contributed by atoms with van der Waals surface area (Å²) in [5.41, 5.74) is 11.0. The van der Waals surface area contributed by atoms with Crippen molar-refractivity contribution in [2.24, 2.45) is 5.73 Å². The maximum absolute atomic E-state index is 11.5. The van der Waals surface area contributed by atoms with Crippen molar-refractivity contribution in [3.05, 3.63) is 60.0 Å². The highest BCUT2D eigenvalue weighted by Crippen LogP contribution is 2.27. The van der Waals surface area contributed by atoms with Crippen molar-refractivity contribution in [2.45, 2.75) is 25.8 Å². The van der Waals surface area contributed by atoms with Crippen molar-refractivity contribution >= 4 is 27.8 Å². The Bertz CT molecular complexity index is 1190.